The van der Waals surface area contributed by atoms with Gasteiger partial charge in [-0.3, -0.25) is 10.2 Å². The van der Waals surface area contributed by atoms with Crippen LogP contribution >= 0.6 is 11.6 Å². The van der Waals surface area contributed by atoms with Gasteiger partial charge in [0.1, 0.15) is 17.4 Å². The van der Waals surface area contributed by atoms with E-state index in [0.717, 1.165) is 30.6 Å². The number of methoxy groups -OCH3 is 1. The molecular weight excluding hydrogens is 426 g/mol. The van der Waals surface area contributed by atoms with E-state index in [-0.39, 0.29) is 5.91 Å². The first-order valence-corrected chi connectivity index (χ1v) is 10.7. The summed E-state index contributed by atoms with van der Waals surface area (Å²) in [6.45, 7) is 2.44. The Morgan fingerprint density at radius 3 is 2.56 bits per heavy atom. The molecule has 1 amide bonds. The minimum absolute atomic E-state index is 0.306. The molecule has 0 bridgehead atoms. The molecule has 0 radical (unpaired) electrons. The van der Waals surface area contributed by atoms with Crippen molar-refractivity contribution in [3.8, 4) is 5.75 Å². The second kappa shape index (κ2) is 9.70. The van der Waals surface area contributed by atoms with Gasteiger partial charge < -0.3 is 20.3 Å². The highest BCUT2D eigenvalue weighted by atomic mass is 35.5. The number of likely N-dealkylation sites (tertiary alicyclic amines) is 1. The van der Waals surface area contributed by atoms with Crippen molar-refractivity contribution < 1.29 is 9.53 Å². The minimum Gasteiger partial charge on any atom is -0.497 e. The van der Waals surface area contributed by atoms with Gasteiger partial charge in [-0.2, -0.15) is 0 Å². The van der Waals surface area contributed by atoms with Gasteiger partial charge in [0.15, 0.2) is 0 Å². The molecule has 0 unspecified atom stereocenters. The van der Waals surface area contributed by atoms with E-state index in [1.165, 1.54) is 6.20 Å². The van der Waals surface area contributed by atoms with Crippen LogP contribution in [0.3, 0.4) is 0 Å². The lowest BCUT2D eigenvalue weighted by Gasteiger charge is -2.33. The Morgan fingerprint density at radius 1 is 1.16 bits per heavy atom. The number of aromatic nitrogens is 1. The van der Waals surface area contributed by atoms with E-state index < -0.39 is 0 Å². The van der Waals surface area contributed by atoms with E-state index in [1.807, 2.05) is 30.3 Å². The van der Waals surface area contributed by atoms with Crippen molar-refractivity contribution in [3.05, 3.63) is 82.5 Å². The second-order valence-corrected chi connectivity index (χ2v) is 7.90. The zero-order valence-corrected chi connectivity index (χ0v) is 18.4. The summed E-state index contributed by atoms with van der Waals surface area (Å²) in [5, 5.41) is 14.9. The third-order valence-corrected chi connectivity index (χ3v) is 5.55. The molecule has 7 nitrogen and oxygen atoms in total. The van der Waals surface area contributed by atoms with Crippen molar-refractivity contribution in [2.75, 3.05) is 30.8 Å². The van der Waals surface area contributed by atoms with Gasteiger partial charge in [-0.25, -0.2) is 4.98 Å². The third kappa shape index (κ3) is 5.00. The van der Waals surface area contributed by atoms with Crippen LogP contribution in [-0.2, 0) is 6.54 Å². The summed E-state index contributed by atoms with van der Waals surface area (Å²) in [7, 11) is 1.56. The highest BCUT2D eigenvalue weighted by Crippen LogP contribution is 2.24. The minimum atomic E-state index is -0.306. The molecule has 1 aliphatic rings. The number of carbonyl (C=O) groups excluding carboxylic acids is 1. The number of hydrogen-bond donors (Lipinski definition) is 3. The Balaban J connectivity index is 1.46. The number of rotatable bonds is 7. The molecule has 2 heterocycles. The van der Waals surface area contributed by atoms with Crippen LogP contribution in [-0.4, -0.2) is 41.8 Å². The summed E-state index contributed by atoms with van der Waals surface area (Å²) < 4.78 is 5.29. The van der Waals surface area contributed by atoms with Crippen molar-refractivity contribution in [3.63, 3.8) is 0 Å². The Morgan fingerprint density at radius 2 is 1.94 bits per heavy atom. The lowest BCUT2D eigenvalue weighted by atomic mass is 10.1. The Hall–Kier alpha value is -3.58. The maximum absolute atomic E-state index is 12.9. The van der Waals surface area contributed by atoms with Crippen molar-refractivity contribution >= 4 is 34.8 Å². The van der Waals surface area contributed by atoms with E-state index in [0.29, 0.717) is 40.2 Å². The monoisotopic (exact) mass is 449 g/mol. The summed E-state index contributed by atoms with van der Waals surface area (Å²) in [6, 6.07) is 16.5. The van der Waals surface area contributed by atoms with Gasteiger partial charge in [0.05, 0.1) is 17.7 Å². The molecule has 0 aliphatic carbocycles. The fraction of sp³-hybridized carbons (Fsp3) is 0.208. The van der Waals surface area contributed by atoms with Crippen LogP contribution in [0.25, 0.3) is 0 Å². The number of pyridine rings is 1. The molecule has 1 saturated heterocycles. The molecular formula is C24H24ClN5O2. The van der Waals surface area contributed by atoms with Crippen LogP contribution in [0.4, 0.5) is 11.5 Å². The second-order valence-electron chi connectivity index (χ2n) is 7.47. The predicted octanol–water partition coefficient (Wildman–Crippen LogP) is 4.64. The number of anilines is 2. The number of carbonyl (C=O) groups is 1. The number of amidine groups is 1. The van der Waals surface area contributed by atoms with E-state index in [4.69, 9.17) is 21.7 Å². The molecule has 164 valence electrons. The zero-order chi connectivity index (χ0) is 22.5. The molecule has 1 aliphatic heterocycles. The van der Waals surface area contributed by atoms with E-state index in [2.05, 4.69) is 20.5 Å². The molecule has 2 aromatic carbocycles. The topological polar surface area (TPSA) is 90.3 Å². The lowest BCUT2D eigenvalue weighted by molar-refractivity contribution is 0.102. The zero-order valence-electron chi connectivity index (χ0n) is 17.7. The first kappa shape index (κ1) is 21.6. The van der Waals surface area contributed by atoms with Crippen molar-refractivity contribution in [2.45, 2.75) is 13.0 Å². The number of nitrogens with one attached hydrogen (secondary N) is 3. The quantitative estimate of drug-likeness (QED) is 0.361. The average Bonchev–Trinajstić information content (AvgIpc) is 2.78. The molecule has 1 fully saturated rings. The van der Waals surface area contributed by atoms with Crippen LogP contribution in [0.1, 0.15) is 27.9 Å². The maximum Gasteiger partial charge on any atom is 0.259 e. The predicted molar refractivity (Wildman–Crippen MR) is 127 cm³/mol. The van der Waals surface area contributed by atoms with Crippen molar-refractivity contribution in [1.82, 2.24) is 9.88 Å². The third-order valence-electron chi connectivity index (χ3n) is 5.32. The SMILES string of the molecule is COc1ccc(NCc2ccc(C(=N)N3CCC3)cc2)c(C(=O)Nc2ccc(Cl)cn2)c1. The molecule has 3 aromatic rings. The van der Waals surface area contributed by atoms with Crippen LogP contribution in [0.15, 0.2) is 60.8 Å². The number of ether oxygens (including phenoxy) is 1. The maximum atomic E-state index is 12.9. The number of amides is 1. The molecule has 8 heteroatoms. The highest BCUT2D eigenvalue weighted by molar-refractivity contribution is 6.30. The van der Waals surface area contributed by atoms with Crippen LogP contribution in [0, 0.1) is 5.41 Å². The van der Waals surface area contributed by atoms with Gasteiger partial charge >= 0.3 is 0 Å². The first-order chi connectivity index (χ1) is 15.5. The molecule has 0 spiro atoms. The van der Waals surface area contributed by atoms with Gasteiger partial charge in [-0.15, -0.1) is 0 Å². The summed E-state index contributed by atoms with van der Waals surface area (Å²) >= 11 is 5.87. The number of benzene rings is 2. The Labute approximate surface area is 191 Å². The number of halogens is 1. The first-order valence-electron chi connectivity index (χ1n) is 10.3. The Bertz CT molecular complexity index is 1110. The van der Waals surface area contributed by atoms with Crippen LogP contribution in [0.2, 0.25) is 5.02 Å². The standard InChI is InChI=1S/C24H24ClN5O2/c1-32-19-8-9-21(20(13-19)24(31)29-22-10-7-18(25)15-28-22)27-14-16-3-5-17(6-4-16)23(26)30-11-2-12-30/h3-10,13,15,26-27H,2,11-12,14H2,1H3,(H,28,29,31). The summed E-state index contributed by atoms with van der Waals surface area (Å²) in [5.74, 6) is 1.26. The fourth-order valence-electron chi connectivity index (χ4n) is 3.33. The molecule has 3 N–H and O–H groups in total. The summed E-state index contributed by atoms with van der Waals surface area (Å²) in [5.41, 5.74) is 3.08. The fourth-order valence-corrected chi connectivity index (χ4v) is 3.44. The molecule has 1 aromatic heterocycles. The number of hydrogen-bond acceptors (Lipinski definition) is 5. The van der Waals surface area contributed by atoms with Gasteiger partial charge in [-0.1, -0.05) is 35.9 Å². The van der Waals surface area contributed by atoms with Gasteiger partial charge in [0.2, 0.25) is 0 Å². The Kier molecular flexibility index (Phi) is 6.56. The summed E-state index contributed by atoms with van der Waals surface area (Å²) in [4.78, 5) is 19.1. The normalized spacial score (nSPS) is 12.6. The average molecular weight is 450 g/mol. The number of nitrogens with zero attached hydrogens (tertiary/aromatic N) is 2. The van der Waals surface area contributed by atoms with Crippen LogP contribution in [0.5, 0.6) is 5.75 Å². The summed E-state index contributed by atoms with van der Waals surface area (Å²) in [6.07, 6.45) is 2.63. The smallest absolute Gasteiger partial charge is 0.259 e. The van der Waals surface area contributed by atoms with Gasteiger partial charge in [0.25, 0.3) is 5.91 Å². The van der Waals surface area contributed by atoms with Crippen molar-refractivity contribution in [2.24, 2.45) is 0 Å². The molecule has 0 saturated carbocycles. The van der Waals surface area contributed by atoms with Crippen LogP contribution < -0.4 is 15.4 Å². The van der Waals surface area contributed by atoms with E-state index >= 15 is 0 Å². The largest absolute Gasteiger partial charge is 0.497 e. The lowest BCUT2D eigenvalue weighted by Crippen LogP contribution is -2.42. The van der Waals surface area contributed by atoms with E-state index in [1.54, 1.807) is 31.4 Å². The highest BCUT2D eigenvalue weighted by Gasteiger charge is 2.18. The molecule has 0 atom stereocenters. The van der Waals surface area contributed by atoms with Crippen molar-refractivity contribution in [1.29, 1.82) is 5.41 Å². The molecule has 32 heavy (non-hydrogen) atoms. The van der Waals surface area contributed by atoms with Gasteiger partial charge in [-0.05, 0) is 42.3 Å². The van der Waals surface area contributed by atoms with E-state index in [9.17, 15) is 4.79 Å². The van der Waals surface area contributed by atoms with Gasteiger partial charge in [0, 0.05) is 37.1 Å². The molecule has 4 rings (SSSR count).